The monoisotopic (exact) mass is 283 g/mol. The van der Waals surface area contributed by atoms with Gasteiger partial charge in [-0.05, 0) is 50.1 Å². The Kier molecular flexibility index (Phi) is 4.80. The van der Waals surface area contributed by atoms with Gasteiger partial charge >= 0.3 is 0 Å². The average molecular weight is 284 g/mol. The molecular weight excluding hydrogens is 262 g/mol. The molecule has 1 N–H and O–H groups in total. The van der Waals surface area contributed by atoms with Crippen LogP contribution in [0.15, 0.2) is 0 Å². The number of hydrogen-bond donors (Lipinski definition) is 1. The Morgan fingerprint density at radius 1 is 1.26 bits per heavy atom. The molecule has 1 aromatic heterocycles. The molecular formula is C13H22ClN5. The van der Waals surface area contributed by atoms with Crippen molar-refractivity contribution in [3.63, 3.8) is 0 Å². The van der Waals surface area contributed by atoms with Crippen molar-refractivity contribution in [3.05, 3.63) is 5.28 Å². The van der Waals surface area contributed by atoms with Crippen molar-refractivity contribution in [2.75, 3.05) is 29.9 Å². The summed E-state index contributed by atoms with van der Waals surface area (Å²) in [5.74, 6) is 2.75. The zero-order valence-corrected chi connectivity index (χ0v) is 12.6. The van der Waals surface area contributed by atoms with Gasteiger partial charge < -0.3 is 10.2 Å². The summed E-state index contributed by atoms with van der Waals surface area (Å²) in [7, 11) is 0. The van der Waals surface area contributed by atoms with Gasteiger partial charge in [-0.1, -0.05) is 6.92 Å². The smallest absolute Gasteiger partial charge is 0.231 e. The highest BCUT2D eigenvalue weighted by Gasteiger charge is 2.27. The van der Waals surface area contributed by atoms with Crippen LogP contribution in [0.4, 0.5) is 11.9 Å². The maximum absolute atomic E-state index is 5.97. The summed E-state index contributed by atoms with van der Waals surface area (Å²) in [5, 5.41) is 3.53. The Balaban J connectivity index is 2.02. The molecule has 5 nitrogen and oxygen atoms in total. The highest BCUT2D eigenvalue weighted by Crippen LogP contribution is 2.36. The fourth-order valence-corrected chi connectivity index (χ4v) is 2.31. The first kappa shape index (κ1) is 14.3. The molecule has 0 spiro atoms. The van der Waals surface area contributed by atoms with Gasteiger partial charge in [0.05, 0.1) is 0 Å². The third kappa shape index (κ3) is 3.93. The number of nitrogens with one attached hydrogen (secondary N) is 1. The van der Waals surface area contributed by atoms with Crippen LogP contribution >= 0.6 is 11.6 Å². The Hall–Kier alpha value is -1.10. The molecule has 1 aliphatic carbocycles. The SMILES string of the molecule is CCN(CC)c1nc(Cl)nc(NCC(C)C2CC2)n1. The topological polar surface area (TPSA) is 53.9 Å². The molecule has 1 aliphatic rings. The normalized spacial score (nSPS) is 16.2. The summed E-state index contributed by atoms with van der Waals surface area (Å²) in [6.07, 6.45) is 2.71. The first-order chi connectivity index (χ1) is 9.13. The second-order valence-electron chi connectivity index (χ2n) is 5.10. The molecule has 1 saturated carbocycles. The second-order valence-corrected chi connectivity index (χ2v) is 5.43. The predicted molar refractivity (Wildman–Crippen MR) is 78.8 cm³/mol. The summed E-state index contributed by atoms with van der Waals surface area (Å²) >= 11 is 5.97. The average Bonchev–Trinajstić information content (AvgIpc) is 3.21. The molecule has 0 amide bonds. The lowest BCUT2D eigenvalue weighted by atomic mass is 10.1. The summed E-state index contributed by atoms with van der Waals surface area (Å²) in [4.78, 5) is 14.8. The maximum Gasteiger partial charge on any atom is 0.231 e. The van der Waals surface area contributed by atoms with E-state index in [1.807, 2.05) is 0 Å². The van der Waals surface area contributed by atoms with Crippen molar-refractivity contribution in [3.8, 4) is 0 Å². The van der Waals surface area contributed by atoms with Crippen molar-refractivity contribution in [1.82, 2.24) is 15.0 Å². The summed E-state index contributed by atoms with van der Waals surface area (Å²) in [6, 6.07) is 0. The number of anilines is 2. The van der Waals surface area contributed by atoms with Crippen LogP contribution in [0.2, 0.25) is 5.28 Å². The minimum atomic E-state index is 0.249. The Morgan fingerprint density at radius 3 is 2.53 bits per heavy atom. The fraction of sp³-hybridized carbons (Fsp3) is 0.769. The largest absolute Gasteiger partial charge is 0.354 e. The van der Waals surface area contributed by atoms with Crippen LogP contribution in [0.1, 0.15) is 33.6 Å². The Morgan fingerprint density at radius 2 is 1.95 bits per heavy atom. The van der Waals surface area contributed by atoms with Gasteiger partial charge in [0.1, 0.15) is 0 Å². The van der Waals surface area contributed by atoms with Crippen LogP contribution < -0.4 is 10.2 Å². The highest BCUT2D eigenvalue weighted by atomic mass is 35.5. The van der Waals surface area contributed by atoms with Gasteiger partial charge in [0, 0.05) is 19.6 Å². The number of nitrogens with zero attached hydrogens (tertiary/aromatic N) is 4. The molecule has 6 heteroatoms. The molecule has 0 radical (unpaired) electrons. The van der Waals surface area contributed by atoms with E-state index in [0.717, 1.165) is 25.6 Å². The lowest BCUT2D eigenvalue weighted by molar-refractivity contribution is 0.535. The van der Waals surface area contributed by atoms with Crippen LogP contribution in [0.3, 0.4) is 0 Å². The van der Waals surface area contributed by atoms with Crippen molar-refractivity contribution in [2.24, 2.45) is 11.8 Å². The van der Waals surface area contributed by atoms with Crippen LogP contribution in [0.5, 0.6) is 0 Å². The van der Waals surface area contributed by atoms with E-state index in [-0.39, 0.29) is 5.28 Å². The molecule has 106 valence electrons. The molecule has 1 heterocycles. The van der Waals surface area contributed by atoms with Crippen LogP contribution in [-0.2, 0) is 0 Å². The molecule has 0 aliphatic heterocycles. The molecule has 0 saturated heterocycles. The fourth-order valence-electron chi connectivity index (χ4n) is 2.15. The molecule has 1 unspecified atom stereocenters. The zero-order chi connectivity index (χ0) is 13.8. The van der Waals surface area contributed by atoms with Gasteiger partial charge in [-0.25, -0.2) is 0 Å². The van der Waals surface area contributed by atoms with E-state index in [9.17, 15) is 0 Å². The van der Waals surface area contributed by atoms with Gasteiger partial charge in [0.25, 0.3) is 0 Å². The van der Waals surface area contributed by atoms with E-state index in [1.165, 1.54) is 12.8 Å². The van der Waals surface area contributed by atoms with E-state index in [2.05, 4.69) is 45.9 Å². The van der Waals surface area contributed by atoms with Gasteiger partial charge in [0.2, 0.25) is 17.2 Å². The summed E-state index contributed by atoms with van der Waals surface area (Å²) in [5.41, 5.74) is 0. The molecule has 1 aromatic rings. The van der Waals surface area contributed by atoms with Crippen molar-refractivity contribution in [2.45, 2.75) is 33.6 Å². The van der Waals surface area contributed by atoms with Gasteiger partial charge in [0.15, 0.2) is 0 Å². The van der Waals surface area contributed by atoms with Crippen LogP contribution in [0.25, 0.3) is 0 Å². The molecule has 1 fully saturated rings. The molecule has 0 aromatic carbocycles. The first-order valence-electron chi connectivity index (χ1n) is 7.04. The molecule has 2 rings (SSSR count). The Bertz CT molecular complexity index is 417. The van der Waals surface area contributed by atoms with Crippen molar-refractivity contribution >= 4 is 23.5 Å². The van der Waals surface area contributed by atoms with Crippen LogP contribution in [0, 0.1) is 11.8 Å². The number of halogens is 1. The standard InChI is InChI=1S/C13H22ClN5/c1-4-19(5-2)13-17-11(14)16-12(18-13)15-8-9(3)10-6-7-10/h9-10H,4-8H2,1-3H3,(H,15,16,17,18). The van der Waals surface area contributed by atoms with E-state index in [4.69, 9.17) is 11.6 Å². The second kappa shape index (κ2) is 6.37. The molecule has 19 heavy (non-hydrogen) atoms. The number of aromatic nitrogens is 3. The van der Waals surface area contributed by atoms with Gasteiger partial charge in [-0.15, -0.1) is 0 Å². The quantitative estimate of drug-likeness (QED) is 0.834. The zero-order valence-electron chi connectivity index (χ0n) is 11.9. The molecule has 1 atom stereocenters. The van der Waals surface area contributed by atoms with E-state index in [1.54, 1.807) is 0 Å². The van der Waals surface area contributed by atoms with Crippen LogP contribution in [-0.4, -0.2) is 34.6 Å². The highest BCUT2D eigenvalue weighted by molar-refractivity contribution is 6.28. The minimum absolute atomic E-state index is 0.249. The van der Waals surface area contributed by atoms with E-state index in [0.29, 0.717) is 17.8 Å². The first-order valence-corrected chi connectivity index (χ1v) is 7.42. The number of rotatable bonds is 7. The summed E-state index contributed by atoms with van der Waals surface area (Å²) in [6.45, 7) is 9.01. The molecule has 0 bridgehead atoms. The Labute approximate surface area is 119 Å². The van der Waals surface area contributed by atoms with Gasteiger partial charge in [-0.2, -0.15) is 15.0 Å². The van der Waals surface area contributed by atoms with Crippen molar-refractivity contribution in [1.29, 1.82) is 0 Å². The van der Waals surface area contributed by atoms with Gasteiger partial charge in [-0.3, -0.25) is 0 Å². The number of hydrogen-bond acceptors (Lipinski definition) is 5. The van der Waals surface area contributed by atoms with Crippen molar-refractivity contribution < 1.29 is 0 Å². The maximum atomic E-state index is 5.97. The lowest BCUT2D eigenvalue weighted by Crippen LogP contribution is -2.25. The minimum Gasteiger partial charge on any atom is -0.354 e. The lowest BCUT2D eigenvalue weighted by Gasteiger charge is -2.19. The van der Waals surface area contributed by atoms with E-state index >= 15 is 0 Å². The predicted octanol–water partition coefficient (Wildman–Crippen LogP) is 2.83. The third-order valence-corrected chi connectivity index (χ3v) is 3.82. The third-order valence-electron chi connectivity index (χ3n) is 3.65. The van der Waals surface area contributed by atoms with E-state index < -0.39 is 0 Å². The summed E-state index contributed by atoms with van der Waals surface area (Å²) < 4.78 is 0.